The first-order valence-electron chi connectivity index (χ1n) is 39.5. The van der Waals surface area contributed by atoms with E-state index in [1.165, 1.54) is 66.5 Å². The van der Waals surface area contributed by atoms with Crippen LogP contribution in [0.1, 0.15) is 146 Å². The Morgan fingerprint density at radius 2 is 0.950 bits per heavy atom. The van der Waals surface area contributed by atoms with Crippen LogP contribution in [0.4, 0.5) is 33.7 Å². The third-order valence-electron chi connectivity index (χ3n) is 18.7. The summed E-state index contributed by atoms with van der Waals surface area (Å²) in [6.45, 7) is 10.6. The minimum atomic E-state index is -0.861. The molecule has 648 valence electrons. The SMILES string of the molecule is CC(=N)N1C(=N)[C@H](CC(=O)Nc2ccc(OCCOCCOCCOCCOCCOCCC(=O)NCCCCCCCNC(=O)CCNC(=O)c3nc(NC(=O)CCNC(=O)c4cc(NC(=O)c5nc(NC(=O)CCNC(=O)c6cc(NC(=O)c7nccn7C)cn6C)cn5C)cn4C)cn3C)cc2)N=C(c2ccc(Cl)cc2)c2c1sc(C)c2C. The van der Waals surface area contributed by atoms with Crippen molar-refractivity contribution in [3.05, 3.63) is 153 Å². The number of nitrogens with zero attached hydrogens (tertiary/aromatic N) is 10. The lowest BCUT2D eigenvalue weighted by molar-refractivity contribution is -0.122. The molecular formula is C81H105ClN22O16S. The van der Waals surface area contributed by atoms with Crippen molar-refractivity contribution < 1.29 is 76.4 Å². The average Bonchev–Trinajstić information content (AvgIpc) is 1.60. The van der Waals surface area contributed by atoms with Crippen LogP contribution in [0.15, 0.2) is 103 Å². The van der Waals surface area contributed by atoms with Gasteiger partial charge in [0.25, 0.3) is 29.5 Å². The molecule has 0 saturated heterocycles. The molecule has 2 aromatic carbocycles. The molecular weight excluding hydrogens is 1600 g/mol. The molecule has 0 spiro atoms. The fourth-order valence-corrected chi connectivity index (χ4v) is 13.7. The van der Waals surface area contributed by atoms with Crippen molar-refractivity contribution in [3.63, 3.8) is 0 Å². The van der Waals surface area contributed by atoms with Crippen molar-refractivity contribution in [2.75, 3.05) is 137 Å². The first-order chi connectivity index (χ1) is 58.2. The normalized spacial score (nSPS) is 12.4. The minimum Gasteiger partial charge on any atom is -0.491 e. The highest BCUT2D eigenvalue weighted by molar-refractivity contribution is 7.17. The summed E-state index contributed by atoms with van der Waals surface area (Å²) in [6, 6.07) is 16.4. The number of hydrogen-bond acceptors (Lipinski definition) is 23. The van der Waals surface area contributed by atoms with Gasteiger partial charge in [0, 0.05) is 158 Å². The Labute approximate surface area is 708 Å². The monoisotopic (exact) mass is 1710 g/mol. The van der Waals surface area contributed by atoms with Crippen LogP contribution in [-0.4, -0.2) is 226 Å². The number of fused-ring (bicyclic) bond motifs is 1. The molecule has 1 aliphatic heterocycles. The molecule has 0 bridgehead atoms. The number of aryl methyl sites for hydroxylation is 6. The fraction of sp³-hybridized carbons (Fsp3) is 0.432. The Morgan fingerprint density at radius 3 is 1.46 bits per heavy atom. The molecule has 0 unspecified atom stereocenters. The Bertz CT molecular complexity index is 4970. The number of aromatic nitrogens is 8. The highest BCUT2D eigenvalue weighted by atomic mass is 35.5. The number of unbranched alkanes of at least 4 members (excludes halogenated alkanes) is 4. The summed E-state index contributed by atoms with van der Waals surface area (Å²) in [5.74, 6) is -3.15. The first-order valence-corrected chi connectivity index (χ1v) is 40.7. The van der Waals surface area contributed by atoms with Crippen LogP contribution in [0.25, 0.3) is 0 Å². The number of hydrogen-bond donors (Lipinski definition) is 12. The Morgan fingerprint density at radius 1 is 0.479 bits per heavy atom. The van der Waals surface area contributed by atoms with Crippen molar-refractivity contribution in [3.8, 4) is 5.75 Å². The maximum Gasteiger partial charge on any atom is 0.291 e. The highest BCUT2D eigenvalue weighted by Gasteiger charge is 2.35. The second-order valence-corrected chi connectivity index (χ2v) is 29.8. The van der Waals surface area contributed by atoms with Gasteiger partial charge in [0.05, 0.1) is 89.6 Å². The smallest absolute Gasteiger partial charge is 0.291 e. The molecule has 6 aromatic heterocycles. The lowest BCUT2D eigenvalue weighted by Gasteiger charge is -2.24. The van der Waals surface area contributed by atoms with E-state index in [2.05, 4.69) is 68.1 Å². The molecule has 0 fully saturated rings. The van der Waals surface area contributed by atoms with Crippen LogP contribution in [0.2, 0.25) is 5.02 Å². The Hall–Kier alpha value is -12.3. The molecule has 1 atom stereocenters. The summed E-state index contributed by atoms with van der Waals surface area (Å²) in [5, 5.41) is 46.4. The lowest BCUT2D eigenvalue weighted by atomic mass is 9.99. The van der Waals surface area contributed by atoms with Crippen LogP contribution < -0.4 is 62.8 Å². The summed E-state index contributed by atoms with van der Waals surface area (Å²) >= 11 is 7.72. The third-order valence-corrected chi connectivity index (χ3v) is 20.1. The molecule has 40 heteroatoms. The maximum atomic E-state index is 13.5. The van der Waals surface area contributed by atoms with Crippen LogP contribution in [-0.2, 0) is 82.9 Å². The zero-order valence-corrected chi connectivity index (χ0v) is 70.6. The zero-order valence-electron chi connectivity index (χ0n) is 69.0. The van der Waals surface area contributed by atoms with Gasteiger partial charge >= 0.3 is 0 Å². The predicted octanol–water partition coefficient (Wildman–Crippen LogP) is 6.80. The predicted molar refractivity (Wildman–Crippen MR) is 456 cm³/mol. The van der Waals surface area contributed by atoms with E-state index < -0.39 is 47.4 Å². The number of amides is 10. The van der Waals surface area contributed by atoms with Gasteiger partial charge < -0.3 is 104 Å². The number of rotatable bonds is 49. The van der Waals surface area contributed by atoms with E-state index in [-0.39, 0.29) is 134 Å². The molecule has 0 radical (unpaired) electrons. The summed E-state index contributed by atoms with van der Waals surface area (Å²) in [5.41, 5.74) is 4.89. The molecule has 0 aliphatic carbocycles. The number of ether oxygens (including phenoxy) is 6. The van der Waals surface area contributed by atoms with Crippen LogP contribution >= 0.6 is 22.9 Å². The standard InChI is InChI=1S/C81H105ClN22O16S/c1-51-52(2)121-81-70(51)71(54-14-16-55(82)17-15-54)94-60(72(84)104(81)53(3)83)46-69(109)91-56-18-20-59(21-19-56)120-43-42-119-41-40-118-39-38-117-37-36-116-35-34-115-33-25-66(106)86-27-13-11-9-10-12-26-85-65(105)22-28-90-78(112)74-97-63(49-102(74)7)95-67(107)23-29-89-77(111)62-45-58(48-101(62)6)93-80(114)75-98-64(50-103(75)8)96-68(108)24-30-88-76(110)61-44-57(47-100(61)5)92-79(113)73-87-31-32-99(73)4/h14-21,31-32,44-45,47-50,60,83-84H,9-13,22-30,33-43,46H2,1-8H3,(H,85,105)(H,86,106)(H,88,110)(H,89,111)(H,90,112)(H,91,109)(H,92,113)(H,93,114)(H,95,107)(H,96,108)/t60-/m0/s1. The van der Waals surface area contributed by atoms with E-state index in [0.717, 1.165) is 58.7 Å². The van der Waals surface area contributed by atoms with Crippen molar-refractivity contribution in [2.45, 2.75) is 91.0 Å². The van der Waals surface area contributed by atoms with Gasteiger partial charge in [0.2, 0.25) is 41.2 Å². The van der Waals surface area contributed by atoms with Gasteiger partial charge in [0.1, 0.15) is 46.5 Å². The van der Waals surface area contributed by atoms with Crippen molar-refractivity contribution in [2.24, 2.45) is 40.2 Å². The topological polar surface area (TPSA) is 473 Å². The number of carbonyl (C=O) groups is 10. The molecule has 8 aromatic rings. The number of thiophene rings is 1. The van der Waals surface area contributed by atoms with Crippen molar-refractivity contribution in [1.82, 2.24) is 64.4 Å². The van der Waals surface area contributed by atoms with E-state index in [1.807, 2.05) is 26.0 Å². The summed E-state index contributed by atoms with van der Waals surface area (Å²) in [6.07, 6.45) is 13.3. The lowest BCUT2D eigenvalue weighted by Crippen LogP contribution is -2.41. The molecule has 9 rings (SSSR count). The van der Waals surface area contributed by atoms with E-state index in [0.29, 0.717) is 107 Å². The van der Waals surface area contributed by atoms with Crippen LogP contribution in [0, 0.1) is 24.7 Å². The molecule has 12 N–H and O–H groups in total. The second kappa shape index (κ2) is 46.9. The maximum absolute atomic E-state index is 13.5. The van der Waals surface area contributed by atoms with E-state index in [9.17, 15) is 47.9 Å². The quantitative estimate of drug-likeness (QED) is 0.0106. The van der Waals surface area contributed by atoms with Gasteiger partial charge in [-0.2, -0.15) is 0 Å². The van der Waals surface area contributed by atoms with E-state index in [4.69, 9.17) is 55.8 Å². The van der Waals surface area contributed by atoms with Crippen molar-refractivity contribution in [1.29, 1.82) is 10.8 Å². The number of carbonyl (C=O) groups excluding carboxylic acids is 10. The van der Waals surface area contributed by atoms with Crippen LogP contribution in [0.5, 0.6) is 5.75 Å². The second-order valence-electron chi connectivity index (χ2n) is 28.1. The molecule has 121 heavy (non-hydrogen) atoms. The third kappa shape index (κ3) is 28.7. The minimum absolute atomic E-state index is 0.00109. The van der Waals surface area contributed by atoms with Gasteiger partial charge in [-0.05, 0) is 87.7 Å². The average molecular weight is 1710 g/mol. The summed E-state index contributed by atoms with van der Waals surface area (Å²) in [7, 11) is 8.05. The first kappa shape index (κ1) is 92.6. The highest BCUT2D eigenvalue weighted by Crippen LogP contribution is 2.40. The van der Waals surface area contributed by atoms with Gasteiger partial charge in [-0.1, -0.05) is 43.0 Å². The number of benzene rings is 2. The van der Waals surface area contributed by atoms with Gasteiger partial charge in [-0.25, -0.2) is 15.0 Å². The number of nitrogens with one attached hydrogen (secondary N) is 12. The van der Waals surface area contributed by atoms with Gasteiger partial charge in [0.15, 0.2) is 17.5 Å². The number of aliphatic imine (C=N–C) groups is 1. The van der Waals surface area contributed by atoms with E-state index >= 15 is 0 Å². The van der Waals surface area contributed by atoms with Gasteiger partial charge in [-0.3, -0.25) is 68.7 Å². The van der Waals surface area contributed by atoms with Crippen molar-refractivity contribution >= 4 is 133 Å². The van der Waals surface area contributed by atoms with E-state index in [1.54, 1.807) is 100 Å². The zero-order chi connectivity index (χ0) is 86.9. The molecule has 0 saturated carbocycles. The number of anilines is 6. The molecule has 10 amide bonds. The molecule has 7 heterocycles. The fourth-order valence-electron chi connectivity index (χ4n) is 12.4. The number of amidine groups is 2. The Balaban J connectivity index is 0.510. The Kier molecular flexibility index (Phi) is 35.9. The summed E-state index contributed by atoms with van der Waals surface area (Å²) in [4.78, 5) is 149. The molecule has 1 aliphatic rings. The van der Waals surface area contributed by atoms with Gasteiger partial charge in [-0.15, -0.1) is 11.3 Å². The van der Waals surface area contributed by atoms with Crippen LogP contribution in [0.3, 0.4) is 0 Å². The largest absolute Gasteiger partial charge is 0.491 e. The summed E-state index contributed by atoms with van der Waals surface area (Å²) < 4.78 is 41.1. The molecule has 38 nitrogen and oxygen atoms in total. The number of halogens is 1. The number of imidazole rings is 3.